The van der Waals surface area contributed by atoms with Crippen molar-refractivity contribution in [3.8, 4) is 0 Å². The fourth-order valence-corrected chi connectivity index (χ4v) is 5.83. The number of aryl methyl sites for hydroxylation is 1. The molecule has 0 aliphatic carbocycles. The summed E-state index contributed by atoms with van der Waals surface area (Å²) < 4.78 is 0. The second-order valence-electron chi connectivity index (χ2n) is 7.88. The zero-order valence-electron chi connectivity index (χ0n) is 16.7. The van der Waals surface area contributed by atoms with E-state index in [-0.39, 0.29) is 36.0 Å². The van der Waals surface area contributed by atoms with Gasteiger partial charge in [0, 0.05) is 23.0 Å². The Labute approximate surface area is 173 Å². The minimum atomic E-state index is -0.579. The zero-order valence-corrected chi connectivity index (χ0v) is 17.6. The fraction of sp³-hybridized carbons (Fsp3) is 0.524. The number of fused-ring (bicyclic) bond motifs is 2. The summed E-state index contributed by atoms with van der Waals surface area (Å²) in [4.78, 5) is 48.4. The van der Waals surface area contributed by atoms with Gasteiger partial charge < -0.3 is 15.2 Å². The molecule has 3 atom stereocenters. The minimum absolute atomic E-state index is 0.0486. The molecule has 2 aliphatic rings. The molecule has 4 rings (SSSR count). The highest BCUT2D eigenvalue weighted by Crippen LogP contribution is 2.52. The number of hydrogen-bond donors (Lipinski definition) is 2. The van der Waals surface area contributed by atoms with Gasteiger partial charge in [0.05, 0.1) is 28.9 Å². The second kappa shape index (κ2) is 7.74. The largest absolute Gasteiger partial charge is 0.350 e. The van der Waals surface area contributed by atoms with Crippen molar-refractivity contribution in [2.45, 2.75) is 64.6 Å². The predicted octanol–water partition coefficient (Wildman–Crippen LogP) is 2.48. The van der Waals surface area contributed by atoms with E-state index in [1.807, 2.05) is 24.0 Å². The summed E-state index contributed by atoms with van der Waals surface area (Å²) in [6, 6.07) is 5.35. The molecule has 8 heteroatoms. The van der Waals surface area contributed by atoms with Crippen molar-refractivity contribution in [2.75, 3.05) is 0 Å². The molecule has 0 unspecified atom stereocenters. The standard InChI is InChI=1S/C21H26N4O3S/c1-3-15-6-7-16(29-15)19(27)25-14-5-8-17(25)21(4-2,10-14)20(28)22-11-13-9-18(26)24-12-23-13/h6-7,9,12,14,17H,3-5,8,10-11H2,1-2H3,(H,22,28)(H,23,24,26)/t14-,17+,21+/m1/s1. The van der Waals surface area contributed by atoms with Crippen molar-refractivity contribution in [3.05, 3.63) is 50.3 Å². The molecule has 0 spiro atoms. The third kappa shape index (κ3) is 3.39. The van der Waals surface area contributed by atoms with Crippen LogP contribution in [0.1, 0.15) is 59.8 Å². The van der Waals surface area contributed by atoms with Gasteiger partial charge in [-0.3, -0.25) is 14.4 Å². The summed E-state index contributed by atoms with van der Waals surface area (Å²) in [6.45, 7) is 4.32. The molecule has 2 fully saturated rings. The average Bonchev–Trinajstić information content (AvgIpc) is 3.45. The number of rotatable bonds is 6. The van der Waals surface area contributed by atoms with Crippen molar-refractivity contribution in [3.63, 3.8) is 0 Å². The highest BCUT2D eigenvalue weighted by Gasteiger charge is 2.60. The van der Waals surface area contributed by atoms with Crippen molar-refractivity contribution < 1.29 is 9.59 Å². The first-order valence-corrected chi connectivity index (χ1v) is 11.0. The van der Waals surface area contributed by atoms with Crippen molar-refractivity contribution >= 4 is 23.2 Å². The second-order valence-corrected chi connectivity index (χ2v) is 9.05. The first-order chi connectivity index (χ1) is 14.0. The van der Waals surface area contributed by atoms with Gasteiger partial charge in [0.2, 0.25) is 5.91 Å². The van der Waals surface area contributed by atoms with Gasteiger partial charge in [-0.25, -0.2) is 4.98 Å². The molecule has 29 heavy (non-hydrogen) atoms. The maximum Gasteiger partial charge on any atom is 0.264 e. The average molecular weight is 415 g/mol. The van der Waals surface area contributed by atoms with E-state index < -0.39 is 5.41 Å². The third-order valence-electron chi connectivity index (χ3n) is 6.44. The monoisotopic (exact) mass is 414 g/mol. The SMILES string of the molecule is CCc1ccc(C(=O)N2[C@@H]3CC[C@H]2[C@@](CC)(C(=O)NCc2cc(=O)[nH]cn2)C3)s1. The number of aromatic nitrogens is 2. The van der Waals surface area contributed by atoms with Crippen LogP contribution in [0.2, 0.25) is 0 Å². The van der Waals surface area contributed by atoms with Crippen LogP contribution < -0.4 is 10.9 Å². The maximum absolute atomic E-state index is 13.2. The van der Waals surface area contributed by atoms with E-state index in [4.69, 9.17) is 0 Å². The molecule has 2 aromatic heterocycles. The van der Waals surface area contributed by atoms with E-state index in [1.54, 1.807) is 11.3 Å². The first-order valence-electron chi connectivity index (χ1n) is 10.2. The van der Waals surface area contributed by atoms with E-state index in [9.17, 15) is 14.4 Å². The highest BCUT2D eigenvalue weighted by atomic mass is 32.1. The lowest BCUT2D eigenvalue weighted by atomic mass is 9.71. The number of carbonyl (C=O) groups is 2. The fourth-order valence-electron chi connectivity index (χ4n) is 4.94. The number of aromatic amines is 1. The summed E-state index contributed by atoms with van der Waals surface area (Å²) >= 11 is 1.55. The number of nitrogens with one attached hydrogen (secondary N) is 2. The first kappa shape index (κ1) is 19.8. The van der Waals surface area contributed by atoms with Crippen LogP contribution >= 0.6 is 11.3 Å². The van der Waals surface area contributed by atoms with Gasteiger partial charge in [-0.05, 0) is 44.2 Å². The maximum atomic E-state index is 13.2. The molecule has 2 amide bonds. The summed E-state index contributed by atoms with van der Waals surface area (Å²) in [5, 5.41) is 2.97. The predicted molar refractivity (Wildman–Crippen MR) is 111 cm³/mol. The van der Waals surface area contributed by atoms with E-state index in [2.05, 4.69) is 22.2 Å². The lowest BCUT2D eigenvalue weighted by Crippen LogP contribution is -2.49. The van der Waals surface area contributed by atoms with Crippen LogP contribution in [0.15, 0.2) is 29.3 Å². The quantitative estimate of drug-likeness (QED) is 0.759. The third-order valence-corrected chi connectivity index (χ3v) is 7.66. The molecule has 2 bridgehead atoms. The van der Waals surface area contributed by atoms with E-state index in [1.165, 1.54) is 17.3 Å². The molecule has 0 aromatic carbocycles. The van der Waals surface area contributed by atoms with Crippen LogP contribution in [-0.4, -0.2) is 38.8 Å². The molecule has 0 radical (unpaired) electrons. The topological polar surface area (TPSA) is 95.2 Å². The molecular weight excluding hydrogens is 388 g/mol. The Bertz CT molecular complexity index is 984. The van der Waals surface area contributed by atoms with Crippen LogP contribution in [0.25, 0.3) is 0 Å². The summed E-state index contributed by atoms with van der Waals surface area (Å²) in [5.41, 5.74) is -0.298. The van der Waals surface area contributed by atoms with Gasteiger partial charge in [-0.15, -0.1) is 11.3 Å². The number of nitrogens with zero attached hydrogens (tertiary/aromatic N) is 2. The van der Waals surface area contributed by atoms with Gasteiger partial charge in [0.1, 0.15) is 0 Å². The van der Waals surface area contributed by atoms with Crippen LogP contribution in [0, 0.1) is 5.41 Å². The molecule has 7 nitrogen and oxygen atoms in total. The van der Waals surface area contributed by atoms with Crippen LogP contribution in [0.3, 0.4) is 0 Å². The van der Waals surface area contributed by atoms with E-state index in [0.717, 1.165) is 24.1 Å². The van der Waals surface area contributed by atoms with Gasteiger partial charge in [-0.1, -0.05) is 13.8 Å². The molecular formula is C21H26N4O3S. The van der Waals surface area contributed by atoms with Crippen LogP contribution in [-0.2, 0) is 17.8 Å². The molecule has 2 aromatic rings. The lowest BCUT2D eigenvalue weighted by Gasteiger charge is -2.35. The molecule has 4 heterocycles. The Hall–Kier alpha value is -2.48. The van der Waals surface area contributed by atoms with Gasteiger partial charge in [0.15, 0.2) is 0 Å². The lowest BCUT2D eigenvalue weighted by molar-refractivity contribution is -0.133. The Morgan fingerprint density at radius 2 is 2.17 bits per heavy atom. The number of amides is 2. The summed E-state index contributed by atoms with van der Waals surface area (Å²) in [6.07, 6.45) is 5.43. The van der Waals surface area contributed by atoms with E-state index >= 15 is 0 Å². The highest BCUT2D eigenvalue weighted by molar-refractivity contribution is 7.14. The molecule has 2 saturated heterocycles. The summed E-state index contributed by atoms with van der Waals surface area (Å²) in [5.74, 6) is 0.00842. The molecule has 154 valence electrons. The Morgan fingerprint density at radius 1 is 1.34 bits per heavy atom. The Balaban J connectivity index is 1.52. The van der Waals surface area contributed by atoms with Crippen molar-refractivity contribution in [1.82, 2.24) is 20.2 Å². The number of carbonyl (C=O) groups excluding carboxylic acids is 2. The number of thiophene rings is 1. The van der Waals surface area contributed by atoms with Gasteiger partial charge >= 0.3 is 0 Å². The number of hydrogen-bond acceptors (Lipinski definition) is 5. The minimum Gasteiger partial charge on any atom is -0.350 e. The molecule has 2 N–H and O–H groups in total. The van der Waals surface area contributed by atoms with Gasteiger partial charge in [0.25, 0.3) is 11.5 Å². The zero-order chi connectivity index (χ0) is 20.6. The van der Waals surface area contributed by atoms with E-state index in [0.29, 0.717) is 18.5 Å². The molecule has 0 saturated carbocycles. The normalized spacial score (nSPS) is 25.4. The smallest absolute Gasteiger partial charge is 0.264 e. The molecule has 2 aliphatic heterocycles. The Morgan fingerprint density at radius 3 is 2.86 bits per heavy atom. The van der Waals surface area contributed by atoms with Crippen LogP contribution in [0.4, 0.5) is 0 Å². The summed E-state index contributed by atoms with van der Waals surface area (Å²) in [7, 11) is 0. The number of H-pyrrole nitrogens is 1. The van der Waals surface area contributed by atoms with Crippen LogP contribution in [0.5, 0.6) is 0 Å². The van der Waals surface area contributed by atoms with Crippen molar-refractivity contribution in [2.24, 2.45) is 5.41 Å². The van der Waals surface area contributed by atoms with Crippen molar-refractivity contribution in [1.29, 1.82) is 0 Å². The Kier molecular flexibility index (Phi) is 5.29. The van der Waals surface area contributed by atoms with Gasteiger partial charge in [-0.2, -0.15) is 0 Å².